The zero-order chi connectivity index (χ0) is 17.3. The molecule has 2 N–H and O–H groups in total. The van der Waals surface area contributed by atoms with Crippen LogP contribution >= 0.6 is 0 Å². The highest BCUT2D eigenvalue weighted by Gasteiger charge is 2.05. The summed E-state index contributed by atoms with van der Waals surface area (Å²) in [6.07, 6.45) is 6.51. The maximum absolute atomic E-state index is 4.30. The Morgan fingerprint density at radius 2 is 1.84 bits per heavy atom. The summed E-state index contributed by atoms with van der Waals surface area (Å²) in [5.74, 6) is 0.802. The van der Waals surface area contributed by atoms with E-state index in [1.54, 1.807) is 13.2 Å². The predicted molar refractivity (Wildman–Crippen MR) is 102 cm³/mol. The summed E-state index contributed by atoms with van der Waals surface area (Å²) in [7, 11) is 1.79. The van der Waals surface area contributed by atoms with Crippen LogP contribution in [0.4, 0.5) is 0 Å². The average molecular weight is 333 g/mol. The van der Waals surface area contributed by atoms with E-state index in [0.717, 1.165) is 24.6 Å². The molecule has 25 heavy (non-hydrogen) atoms. The molecule has 0 saturated heterocycles. The number of aromatic nitrogens is 2. The maximum atomic E-state index is 4.30. The van der Waals surface area contributed by atoms with Gasteiger partial charge in [0.25, 0.3) is 0 Å². The van der Waals surface area contributed by atoms with Gasteiger partial charge >= 0.3 is 0 Å². The van der Waals surface area contributed by atoms with Crippen molar-refractivity contribution in [1.82, 2.24) is 20.2 Å². The van der Waals surface area contributed by atoms with Gasteiger partial charge < -0.3 is 15.2 Å². The van der Waals surface area contributed by atoms with Gasteiger partial charge in [-0.3, -0.25) is 4.99 Å². The Bertz CT molecular complexity index is 794. The molecule has 0 amide bonds. The Morgan fingerprint density at radius 3 is 2.60 bits per heavy atom. The molecule has 0 aliphatic rings. The smallest absolute Gasteiger partial charge is 0.191 e. The molecule has 0 fully saturated rings. The van der Waals surface area contributed by atoms with Crippen LogP contribution < -0.4 is 10.6 Å². The van der Waals surface area contributed by atoms with Crippen LogP contribution in [-0.4, -0.2) is 29.1 Å². The van der Waals surface area contributed by atoms with Crippen LogP contribution in [0.3, 0.4) is 0 Å². The first-order valence-corrected chi connectivity index (χ1v) is 8.41. The molecular formula is C20H23N5. The zero-order valence-electron chi connectivity index (χ0n) is 14.4. The normalized spacial score (nSPS) is 11.3. The van der Waals surface area contributed by atoms with E-state index in [1.165, 1.54) is 11.1 Å². The van der Waals surface area contributed by atoms with Gasteiger partial charge in [0.05, 0.1) is 12.0 Å². The van der Waals surface area contributed by atoms with Crippen LogP contribution in [0, 0.1) is 0 Å². The van der Waals surface area contributed by atoms with E-state index in [4.69, 9.17) is 0 Å². The van der Waals surface area contributed by atoms with Crippen LogP contribution in [0.5, 0.6) is 0 Å². The minimum Gasteiger partial charge on any atom is -0.356 e. The van der Waals surface area contributed by atoms with Gasteiger partial charge in [0, 0.05) is 32.5 Å². The van der Waals surface area contributed by atoms with Crippen LogP contribution in [0.1, 0.15) is 11.1 Å². The van der Waals surface area contributed by atoms with Gasteiger partial charge in [0.15, 0.2) is 5.96 Å². The predicted octanol–water partition coefficient (Wildman–Crippen LogP) is 2.78. The number of hydrogen-bond acceptors (Lipinski definition) is 2. The highest BCUT2D eigenvalue weighted by atomic mass is 15.2. The van der Waals surface area contributed by atoms with Crippen molar-refractivity contribution < 1.29 is 0 Å². The first kappa shape index (κ1) is 16.8. The van der Waals surface area contributed by atoms with E-state index < -0.39 is 0 Å². The van der Waals surface area contributed by atoms with Crippen molar-refractivity contribution in [3.63, 3.8) is 0 Å². The van der Waals surface area contributed by atoms with E-state index in [0.29, 0.717) is 6.54 Å². The van der Waals surface area contributed by atoms with E-state index in [2.05, 4.69) is 57.0 Å². The van der Waals surface area contributed by atoms with Crippen molar-refractivity contribution in [3.8, 4) is 5.69 Å². The van der Waals surface area contributed by atoms with E-state index in [1.807, 2.05) is 35.3 Å². The summed E-state index contributed by atoms with van der Waals surface area (Å²) in [4.78, 5) is 8.43. The Labute approximate surface area is 148 Å². The second kappa shape index (κ2) is 8.68. The fraction of sp³-hybridized carbons (Fsp3) is 0.200. The van der Waals surface area contributed by atoms with Crippen LogP contribution in [0.15, 0.2) is 78.3 Å². The molecule has 5 nitrogen and oxygen atoms in total. The fourth-order valence-corrected chi connectivity index (χ4v) is 2.68. The number of imidazole rings is 1. The van der Waals surface area contributed by atoms with Gasteiger partial charge in [-0.1, -0.05) is 48.5 Å². The van der Waals surface area contributed by atoms with Crippen molar-refractivity contribution >= 4 is 5.96 Å². The molecule has 0 aliphatic carbocycles. The summed E-state index contributed by atoms with van der Waals surface area (Å²) >= 11 is 0. The molecule has 5 heteroatoms. The first-order chi connectivity index (χ1) is 12.4. The quantitative estimate of drug-likeness (QED) is 0.539. The highest BCUT2D eigenvalue weighted by molar-refractivity contribution is 5.79. The Hall–Kier alpha value is -3.08. The Morgan fingerprint density at radius 1 is 1.04 bits per heavy atom. The van der Waals surface area contributed by atoms with Gasteiger partial charge in [0.1, 0.15) is 0 Å². The van der Waals surface area contributed by atoms with E-state index in [-0.39, 0.29) is 0 Å². The van der Waals surface area contributed by atoms with Crippen molar-refractivity contribution in [3.05, 3.63) is 84.4 Å². The van der Waals surface area contributed by atoms with Crippen LogP contribution in [0.25, 0.3) is 5.69 Å². The number of guanidine groups is 1. The topological polar surface area (TPSA) is 54.2 Å². The molecule has 0 aliphatic heterocycles. The molecule has 0 radical (unpaired) electrons. The monoisotopic (exact) mass is 333 g/mol. The second-order valence-electron chi connectivity index (χ2n) is 5.69. The third-order valence-corrected chi connectivity index (χ3v) is 3.99. The minimum absolute atomic E-state index is 0.694. The fourth-order valence-electron chi connectivity index (χ4n) is 2.68. The lowest BCUT2D eigenvalue weighted by molar-refractivity contribution is 0.791. The number of aliphatic imine (C=N–C) groups is 1. The van der Waals surface area contributed by atoms with Gasteiger partial charge in [-0.2, -0.15) is 0 Å². The number of nitrogens with one attached hydrogen (secondary N) is 2. The van der Waals surface area contributed by atoms with Crippen molar-refractivity contribution in [2.24, 2.45) is 4.99 Å². The summed E-state index contributed by atoms with van der Waals surface area (Å²) < 4.78 is 2.02. The molecule has 128 valence electrons. The summed E-state index contributed by atoms with van der Waals surface area (Å²) in [6.45, 7) is 1.53. The molecule has 0 atom stereocenters. The standard InChI is InChI=1S/C20H23N5/c1-21-20(23-12-11-17-7-3-2-4-8-17)24-15-18-9-5-6-10-19(18)25-14-13-22-16-25/h2-10,13-14,16H,11-12,15H2,1H3,(H2,21,23,24). The number of hydrogen-bond donors (Lipinski definition) is 2. The largest absolute Gasteiger partial charge is 0.356 e. The van der Waals surface area contributed by atoms with E-state index >= 15 is 0 Å². The maximum Gasteiger partial charge on any atom is 0.191 e. The van der Waals surface area contributed by atoms with Crippen molar-refractivity contribution in [2.45, 2.75) is 13.0 Å². The SMILES string of the molecule is CN=C(NCCc1ccccc1)NCc1ccccc1-n1ccnc1. The van der Waals surface area contributed by atoms with Gasteiger partial charge in [0.2, 0.25) is 0 Å². The Balaban J connectivity index is 1.55. The lowest BCUT2D eigenvalue weighted by Gasteiger charge is -2.14. The highest BCUT2D eigenvalue weighted by Crippen LogP contribution is 2.13. The molecule has 0 spiro atoms. The molecule has 1 aromatic heterocycles. The zero-order valence-corrected chi connectivity index (χ0v) is 14.4. The lowest BCUT2D eigenvalue weighted by Crippen LogP contribution is -2.38. The second-order valence-corrected chi connectivity index (χ2v) is 5.69. The third kappa shape index (κ3) is 4.70. The molecule has 0 bridgehead atoms. The third-order valence-electron chi connectivity index (χ3n) is 3.99. The lowest BCUT2D eigenvalue weighted by atomic mass is 10.1. The van der Waals surface area contributed by atoms with E-state index in [9.17, 15) is 0 Å². The molecular weight excluding hydrogens is 310 g/mol. The molecule has 2 aromatic carbocycles. The molecule has 3 rings (SSSR count). The van der Waals surface area contributed by atoms with Crippen molar-refractivity contribution in [1.29, 1.82) is 0 Å². The van der Waals surface area contributed by atoms with Crippen molar-refractivity contribution in [2.75, 3.05) is 13.6 Å². The van der Waals surface area contributed by atoms with Crippen LogP contribution in [-0.2, 0) is 13.0 Å². The number of nitrogens with zero attached hydrogens (tertiary/aromatic N) is 3. The first-order valence-electron chi connectivity index (χ1n) is 8.41. The van der Waals surface area contributed by atoms with Gasteiger partial charge in [-0.15, -0.1) is 0 Å². The summed E-state index contributed by atoms with van der Waals surface area (Å²) in [6, 6.07) is 18.7. The molecule has 0 saturated carbocycles. The van der Waals surface area contributed by atoms with Gasteiger partial charge in [-0.05, 0) is 23.6 Å². The summed E-state index contributed by atoms with van der Waals surface area (Å²) in [5.41, 5.74) is 3.62. The Kier molecular flexibility index (Phi) is 5.82. The number of benzene rings is 2. The summed E-state index contributed by atoms with van der Waals surface area (Å²) in [5, 5.41) is 6.74. The minimum atomic E-state index is 0.694. The molecule has 3 aromatic rings. The average Bonchev–Trinajstić information content (AvgIpc) is 3.20. The molecule has 1 heterocycles. The molecule has 0 unspecified atom stereocenters. The number of para-hydroxylation sites is 1. The van der Waals surface area contributed by atoms with Crippen LogP contribution in [0.2, 0.25) is 0 Å². The van der Waals surface area contributed by atoms with Gasteiger partial charge in [-0.25, -0.2) is 4.98 Å². The number of rotatable bonds is 6.